The molecule has 0 radical (unpaired) electrons. The van der Waals surface area contributed by atoms with Gasteiger partial charge >= 0.3 is 5.97 Å². The van der Waals surface area contributed by atoms with E-state index >= 15 is 0 Å². The van der Waals surface area contributed by atoms with Gasteiger partial charge in [-0.2, -0.15) is 0 Å². The number of hydrogen-bond donors (Lipinski definition) is 0. The number of likely N-dealkylation sites (N-methyl/N-ethyl adjacent to an activating group) is 1. The van der Waals surface area contributed by atoms with Crippen molar-refractivity contribution < 1.29 is 9.53 Å². The van der Waals surface area contributed by atoms with Crippen molar-refractivity contribution in [2.75, 3.05) is 40.3 Å². The number of esters is 1. The van der Waals surface area contributed by atoms with Crippen molar-refractivity contribution in [2.45, 2.75) is 26.8 Å². The fourth-order valence-electron chi connectivity index (χ4n) is 1.22. The number of hydrogen-bond acceptors (Lipinski definition) is 4. The van der Waals surface area contributed by atoms with Gasteiger partial charge in [-0.3, -0.25) is 9.69 Å². The molecule has 90 valence electrons. The van der Waals surface area contributed by atoms with Gasteiger partial charge in [-0.1, -0.05) is 0 Å². The van der Waals surface area contributed by atoms with Crippen LogP contribution in [-0.2, 0) is 9.53 Å². The van der Waals surface area contributed by atoms with Crippen LogP contribution in [0, 0.1) is 0 Å². The molecule has 0 aromatic rings. The summed E-state index contributed by atoms with van der Waals surface area (Å²) in [7, 11) is 4.06. The van der Waals surface area contributed by atoms with E-state index in [4.69, 9.17) is 4.74 Å². The van der Waals surface area contributed by atoms with Crippen LogP contribution in [0.5, 0.6) is 0 Å². The van der Waals surface area contributed by atoms with Crippen LogP contribution in [0.3, 0.4) is 0 Å². The Kier molecular flexibility index (Phi) is 7.34. The molecule has 0 aromatic carbocycles. The molecule has 0 N–H and O–H groups in total. The first-order valence-corrected chi connectivity index (χ1v) is 5.51. The maximum Gasteiger partial charge on any atom is 0.320 e. The highest BCUT2D eigenvalue weighted by Crippen LogP contribution is 1.98. The Labute approximate surface area is 93.2 Å². The molecule has 0 rings (SSSR count). The van der Waals surface area contributed by atoms with Crippen LogP contribution in [0.1, 0.15) is 20.8 Å². The summed E-state index contributed by atoms with van der Waals surface area (Å²) in [5.41, 5.74) is 0. The second-order valence-electron chi connectivity index (χ2n) is 4.17. The van der Waals surface area contributed by atoms with E-state index in [2.05, 4.69) is 23.6 Å². The SMILES string of the molecule is CCOC(=O)CN(CCN(C)C)C(C)C. The van der Waals surface area contributed by atoms with Crippen LogP contribution in [0.4, 0.5) is 0 Å². The van der Waals surface area contributed by atoms with E-state index in [0.29, 0.717) is 19.2 Å². The highest BCUT2D eigenvalue weighted by Gasteiger charge is 2.14. The zero-order valence-corrected chi connectivity index (χ0v) is 10.6. The highest BCUT2D eigenvalue weighted by atomic mass is 16.5. The fourth-order valence-corrected chi connectivity index (χ4v) is 1.22. The second-order valence-corrected chi connectivity index (χ2v) is 4.17. The predicted molar refractivity (Wildman–Crippen MR) is 61.9 cm³/mol. The predicted octanol–water partition coefficient (Wildman–Crippen LogP) is 0.821. The van der Waals surface area contributed by atoms with E-state index < -0.39 is 0 Å². The molecule has 15 heavy (non-hydrogen) atoms. The van der Waals surface area contributed by atoms with E-state index in [-0.39, 0.29) is 5.97 Å². The minimum atomic E-state index is -0.134. The van der Waals surface area contributed by atoms with Gasteiger partial charge in [0.15, 0.2) is 0 Å². The molecule has 0 bridgehead atoms. The maximum atomic E-state index is 11.3. The second kappa shape index (κ2) is 7.65. The highest BCUT2D eigenvalue weighted by molar-refractivity contribution is 5.71. The molecule has 0 heterocycles. The van der Waals surface area contributed by atoms with Gasteiger partial charge < -0.3 is 9.64 Å². The molecule has 0 unspecified atom stereocenters. The van der Waals surface area contributed by atoms with Gasteiger partial charge in [-0.25, -0.2) is 0 Å². The Hall–Kier alpha value is -0.610. The average Bonchev–Trinajstić information content (AvgIpc) is 2.11. The summed E-state index contributed by atoms with van der Waals surface area (Å²) in [4.78, 5) is 15.6. The van der Waals surface area contributed by atoms with Gasteiger partial charge in [0.25, 0.3) is 0 Å². The molecule has 0 aliphatic carbocycles. The topological polar surface area (TPSA) is 32.8 Å². The lowest BCUT2D eigenvalue weighted by Gasteiger charge is -2.26. The molecule has 0 aromatic heterocycles. The summed E-state index contributed by atoms with van der Waals surface area (Å²) >= 11 is 0. The Bertz CT molecular complexity index is 181. The van der Waals surface area contributed by atoms with E-state index in [0.717, 1.165) is 13.1 Å². The van der Waals surface area contributed by atoms with Crippen molar-refractivity contribution in [1.29, 1.82) is 0 Å². The molecule has 0 fully saturated rings. The van der Waals surface area contributed by atoms with Crippen molar-refractivity contribution in [3.05, 3.63) is 0 Å². The zero-order valence-electron chi connectivity index (χ0n) is 10.6. The van der Waals surface area contributed by atoms with Crippen LogP contribution in [-0.4, -0.2) is 62.1 Å². The van der Waals surface area contributed by atoms with E-state index in [1.807, 2.05) is 21.0 Å². The van der Waals surface area contributed by atoms with E-state index in [1.165, 1.54) is 0 Å². The molecule has 0 saturated carbocycles. The minimum absolute atomic E-state index is 0.134. The Balaban J connectivity index is 3.98. The third kappa shape index (κ3) is 7.33. The van der Waals surface area contributed by atoms with Crippen LogP contribution < -0.4 is 0 Å². The van der Waals surface area contributed by atoms with Crippen molar-refractivity contribution in [1.82, 2.24) is 9.80 Å². The molecule has 0 spiro atoms. The summed E-state index contributed by atoms with van der Waals surface area (Å²) < 4.78 is 4.94. The number of nitrogens with zero attached hydrogens (tertiary/aromatic N) is 2. The molecule has 0 aliphatic heterocycles. The average molecular weight is 216 g/mol. The Morgan fingerprint density at radius 3 is 2.27 bits per heavy atom. The number of carbonyl (C=O) groups is 1. The molecule has 4 heteroatoms. The van der Waals surface area contributed by atoms with Gasteiger partial charge in [-0.05, 0) is 34.9 Å². The number of ether oxygens (including phenoxy) is 1. The van der Waals surface area contributed by atoms with E-state index in [9.17, 15) is 4.79 Å². The Morgan fingerprint density at radius 2 is 1.87 bits per heavy atom. The van der Waals surface area contributed by atoms with Crippen LogP contribution in [0.2, 0.25) is 0 Å². The first-order valence-electron chi connectivity index (χ1n) is 5.51. The summed E-state index contributed by atoms with van der Waals surface area (Å²) in [6.07, 6.45) is 0. The Morgan fingerprint density at radius 1 is 1.27 bits per heavy atom. The summed E-state index contributed by atoms with van der Waals surface area (Å²) in [6, 6.07) is 0.370. The van der Waals surface area contributed by atoms with Gasteiger partial charge in [0.05, 0.1) is 13.2 Å². The smallest absolute Gasteiger partial charge is 0.320 e. The van der Waals surface area contributed by atoms with Crippen molar-refractivity contribution in [3.8, 4) is 0 Å². The first-order chi connectivity index (χ1) is 6.97. The van der Waals surface area contributed by atoms with Crippen molar-refractivity contribution >= 4 is 5.97 Å². The van der Waals surface area contributed by atoms with E-state index in [1.54, 1.807) is 0 Å². The molecule has 0 aliphatic rings. The van der Waals surface area contributed by atoms with Gasteiger partial charge in [-0.15, -0.1) is 0 Å². The third-order valence-electron chi connectivity index (χ3n) is 2.20. The standard InChI is InChI=1S/C11H24N2O2/c1-6-15-11(14)9-13(10(2)3)8-7-12(4)5/h10H,6-9H2,1-5H3. The minimum Gasteiger partial charge on any atom is -0.465 e. The summed E-state index contributed by atoms with van der Waals surface area (Å²) in [5, 5.41) is 0. The largest absolute Gasteiger partial charge is 0.465 e. The van der Waals surface area contributed by atoms with Gasteiger partial charge in [0.1, 0.15) is 0 Å². The first kappa shape index (κ1) is 14.4. The lowest BCUT2D eigenvalue weighted by Crippen LogP contribution is -2.40. The lowest BCUT2D eigenvalue weighted by molar-refractivity contribution is -0.144. The van der Waals surface area contributed by atoms with Crippen molar-refractivity contribution in [3.63, 3.8) is 0 Å². The molecule has 0 amide bonds. The van der Waals surface area contributed by atoms with Crippen LogP contribution >= 0.6 is 0 Å². The normalized spacial score (nSPS) is 11.5. The van der Waals surface area contributed by atoms with Gasteiger partial charge in [0.2, 0.25) is 0 Å². The number of carbonyl (C=O) groups excluding carboxylic acids is 1. The zero-order chi connectivity index (χ0) is 11.8. The van der Waals surface area contributed by atoms with Crippen molar-refractivity contribution in [2.24, 2.45) is 0 Å². The summed E-state index contributed by atoms with van der Waals surface area (Å²) in [5.74, 6) is -0.134. The van der Waals surface area contributed by atoms with Gasteiger partial charge in [0, 0.05) is 19.1 Å². The monoisotopic (exact) mass is 216 g/mol. The summed E-state index contributed by atoms with van der Waals surface area (Å²) in [6.45, 7) is 8.71. The lowest BCUT2D eigenvalue weighted by atomic mass is 10.3. The third-order valence-corrected chi connectivity index (χ3v) is 2.20. The molecule has 0 saturated heterocycles. The maximum absolute atomic E-state index is 11.3. The fraction of sp³-hybridized carbons (Fsp3) is 0.909. The molecular formula is C11H24N2O2. The molecule has 0 atom stereocenters. The molecular weight excluding hydrogens is 192 g/mol. The quantitative estimate of drug-likeness (QED) is 0.590. The number of rotatable bonds is 7. The van der Waals surface area contributed by atoms with Crippen LogP contribution in [0.15, 0.2) is 0 Å². The van der Waals surface area contributed by atoms with Crippen LogP contribution in [0.25, 0.3) is 0 Å². The molecule has 4 nitrogen and oxygen atoms in total.